The highest BCUT2D eigenvalue weighted by Crippen LogP contribution is 2.24. The maximum absolute atomic E-state index is 14.3. The van der Waals surface area contributed by atoms with Crippen molar-refractivity contribution in [2.45, 2.75) is 11.4 Å². The number of benzene rings is 3. The first-order valence-electron chi connectivity index (χ1n) is 9.82. The van der Waals surface area contributed by atoms with Crippen LogP contribution in [-0.4, -0.2) is 38.1 Å². The van der Waals surface area contributed by atoms with Crippen molar-refractivity contribution < 1.29 is 22.4 Å². The SMILES string of the molecule is CNC(=O)c1cccc(NC(=O)CN(Cc2ccccc2Cl)S(=O)(=O)c2ccccc2F)c1. The zero-order valence-corrected chi connectivity index (χ0v) is 19.2. The molecule has 0 aliphatic carbocycles. The number of hydrogen-bond acceptors (Lipinski definition) is 4. The number of carbonyl (C=O) groups excluding carboxylic acids is 2. The molecule has 0 spiro atoms. The van der Waals surface area contributed by atoms with E-state index in [0.717, 1.165) is 16.4 Å². The van der Waals surface area contributed by atoms with Gasteiger partial charge in [0.05, 0.1) is 6.54 Å². The van der Waals surface area contributed by atoms with Gasteiger partial charge in [0.2, 0.25) is 15.9 Å². The Hall–Kier alpha value is -3.27. The molecule has 0 aliphatic heterocycles. The van der Waals surface area contributed by atoms with Crippen molar-refractivity contribution in [3.05, 3.63) is 94.8 Å². The predicted molar refractivity (Wildman–Crippen MR) is 124 cm³/mol. The maximum Gasteiger partial charge on any atom is 0.251 e. The monoisotopic (exact) mass is 489 g/mol. The molecule has 3 aromatic rings. The molecule has 0 radical (unpaired) electrons. The second-order valence-corrected chi connectivity index (χ2v) is 9.32. The van der Waals surface area contributed by atoms with E-state index in [9.17, 15) is 22.4 Å². The fourth-order valence-corrected chi connectivity index (χ4v) is 4.71. The molecular formula is C23H21ClFN3O4S. The fraction of sp³-hybridized carbons (Fsp3) is 0.130. The number of nitrogens with one attached hydrogen (secondary N) is 2. The molecular weight excluding hydrogens is 469 g/mol. The van der Waals surface area contributed by atoms with E-state index in [1.807, 2.05) is 0 Å². The average Bonchev–Trinajstić information content (AvgIpc) is 2.79. The van der Waals surface area contributed by atoms with Gasteiger partial charge in [0.15, 0.2) is 0 Å². The number of carbonyl (C=O) groups is 2. The molecule has 33 heavy (non-hydrogen) atoms. The summed E-state index contributed by atoms with van der Waals surface area (Å²) in [5, 5.41) is 5.37. The van der Waals surface area contributed by atoms with Crippen LogP contribution in [0.5, 0.6) is 0 Å². The molecule has 2 amide bonds. The lowest BCUT2D eigenvalue weighted by molar-refractivity contribution is -0.116. The Labute approximate surface area is 196 Å². The third-order valence-electron chi connectivity index (χ3n) is 4.71. The van der Waals surface area contributed by atoms with Gasteiger partial charge in [-0.1, -0.05) is 48.0 Å². The molecule has 10 heteroatoms. The second kappa shape index (κ2) is 10.6. The van der Waals surface area contributed by atoms with Crippen LogP contribution in [0.4, 0.5) is 10.1 Å². The number of sulfonamides is 1. The van der Waals surface area contributed by atoms with Crippen molar-refractivity contribution in [1.82, 2.24) is 9.62 Å². The van der Waals surface area contributed by atoms with Gasteiger partial charge in [-0.05, 0) is 42.0 Å². The largest absolute Gasteiger partial charge is 0.355 e. The maximum atomic E-state index is 14.3. The lowest BCUT2D eigenvalue weighted by Gasteiger charge is -2.22. The van der Waals surface area contributed by atoms with Gasteiger partial charge in [-0.15, -0.1) is 0 Å². The van der Waals surface area contributed by atoms with Gasteiger partial charge in [-0.25, -0.2) is 12.8 Å². The van der Waals surface area contributed by atoms with Gasteiger partial charge in [0.25, 0.3) is 5.91 Å². The Kier molecular flexibility index (Phi) is 7.80. The molecule has 7 nitrogen and oxygen atoms in total. The van der Waals surface area contributed by atoms with Gasteiger partial charge in [-0.2, -0.15) is 4.31 Å². The Bertz CT molecular complexity index is 1280. The van der Waals surface area contributed by atoms with Crippen LogP contribution in [0.25, 0.3) is 0 Å². The van der Waals surface area contributed by atoms with Crippen molar-refractivity contribution in [1.29, 1.82) is 0 Å². The van der Waals surface area contributed by atoms with Crippen molar-refractivity contribution in [3.8, 4) is 0 Å². The molecule has 0 bridgehead atoms. The number of amides is 2. The molecule has 3 rings (SSSR count). The summed E-state index contributed by atoms with van der Waals surface area (Å²) in [7, 11) is -2.90. The van der Waals surface area contributed by atoms with Gasteiger partial charge in [0.1, 0.15) is 10.7 Å². The van der Waals surface area contributed by atoms with Gasteiger partial charge >= 0.3 is 0 Å². The summed E-state index contributed by atoms with van der Waals surface area (Å²) in [6, 6.07) is 17.7. The standard InChI is InChI=1S/C23H21ClFN3O4S/c1-26-23(30)16-8-6-9-18(13-16)27-22(29)15-28(14-17-7-2-3-10-19(17)24)33(31,32)21-12-5-4-11-20(21)25/h2-13H,14-15H2,1H3,(H,26,30)(H,27,29). The van der Waals surface area contributed by atoms with Crippen LogP contribution in [0.15, 0.2) is 77.7 Å². The van der Waals surface area contributed by atoms with Crippen LogP contribution in [0.2, 0.25) is 5.02 Å². The Morgan fingerprint density at radius 2 is 1.70 bits per heavy atom. The first-order valence-corrected chi connectivity index (χ1v) is 11.6. The number of anilines is 1. The zero-order valence-electron chi connectivity index (χ0n) is 17.6. The molecule has 0 aromatic heterocycles. The topological polar surface area (TPSA) is 95.6 Å². The quantitative estimate of drug-likeness (QED) is 0.504. The van der Waals surface area contributed by atoms with Gasteiger partial charge < -0.3 is 10.6 Å². The molecule has 2 N–H and O–H groups in total. The number of rotatable bonds is 8. The molecule has 0 saturated heterocycles. The van der Waals surface area contributed by atoms with Crippen molar-refractivity contribution in [3.63, 3.8) is 0 Å². The van der Waals surface area contributed by atoms with E-state index in [-0.39, 0.29) is 12.5 Å². The molecule has 172 valence electrons. The highest BCUT2D eigenvalue weighted by molar-refractivity contribution is 7.89. The van der Waals surface area contributed by atoms with E-state index >= 15 is 0 Å². The normalized spacial score (nSPS) is 11.3. The van der Waals surface area contributed by atoms with Gasteiger partial charge in [0, 0.05) is 29.9 Å². The van der Waals surface area contributed by atoms with Crippen molar-refractivity contribution >= 4 is 39.1 Å². The summed E-state index contributed by atoms with van der Waals surface area (Å²) in [6.07, 6.45) is 0. The summed E-state index contributed by atoms with van der Waals surface area (Å²) < 4.78 is 41.7. The third-order valence-corrected chi connectivity index (χ3v) is 6.91. The zero-order chi connectivity index (χ0) is 24.0. The summed E-state index contributed by atoms with van der Waals surface area (Å²) in [6.45, 7) is -0.853. The van der Waals surface area contributed by atoms with Crippen LogP contribution in [-0.2, 0) is 21.4 Å². The highest BCUT2D eigenvalue weighted by Gasteiger charge is 2.30. The molecule has 0 unspecified atom stereocenters. The first kappa shape index (κ1) is 24.4. The van der Waals surface area contributed by atoms with Crippen LogP contribution in [0.1, 0.15) is 15.9 Å². The third kappa shape index (κ3) is 5.95. The first-order chi connectivity index (χ1) is 15.7. The minimum absolute atomic E-state index is 0.248. The van der Waals surface area contributed by atoms with Crippen LogP contribution in [0.3, 0.4) is 0 Å². The minimum atomic E-state index is -4.38. The van der Waals surface area contributed by atoms with Gasteiger partial charge in [-0.3, -0.25) is 9.59 Å². The summed E-state index contributed by atoms with van der Waals surface area (Å²) in [5.74, 6) is -1.94. The van der Waals surface area contributed by atoms with Crippen LogP contribution in [0, 0.1) is 5.82 Å². The Morgan fingerprint density at radius 1 is 1.00 bits per heavy atom. The molecule has 0 aliphatic rings. The molecule has 3 aromatic carbocycles. The number of nitrogens with zero attached hydrogens (tertiary/aromatic N) is 1. The molecule has 0 atom stereocenters. The van der Waals surface area contributed by atoms with E-state index in [1.165, 1.54) is 25.2 Å². The lowest BCUT2D eigenvalue weighted by atomic mass is 10.2. The fourth-order valence-electron chi connectivity index (χ4n) is 3.08. The van der Waals surface area contributed by atoms with Crippen molar-refractivity contribution in [2.24, 2.45) is 0 Å². The smallest absolute Gasteiger partial charge is 0.251 e. The Balaban J connectivity index is 1.90. The Morgan fingerprint density at radius 3 is 2.39 bits per heavy atom. The number of hydrogen-bond donors (Lipinski definition) is 2. The highest BCUT2D eigenvalue weighted by atomic mass is 35.5. The summed E-state index contributed by atoms with van der Waals surface area (Å²) >= 11 is 6.19. The van der Waals surface area contributed by atoms with Crippen LogP contribution < -0.4 is 10.6 Å². The lowest BCUT2D eigenvalue weighted by Crippen LogP contribution is -2.38. The van der Waals surface area contributed by atoms with E-state index in [2.05, 4.69) is 10.6 Å². The van der Waals surface area contributed by atoms with E-state index < -0.39 is 33.2 Å². The average molecular weight is 490 g/mol. The van der Waals surface area contributed by atoms with E-state index in [1.54, 1.807) is 42.5 Å². The molecule has 0 heterocycles. The summed E-state index contributed by atoms with van der Waals surface area (Å²) in [4.78, 5) is 24.0. The predicted octanol–water partition coefficient (Wildman–Crippen LogP) is 3.67. The summed E-state index contributed by atoms with van der Waals surface area (Å²) in [5.41, 5.74) is 1.08. The molecule has 0 saturated carbocycles. The second-order valence-electron chi connectivity index (χ2n) is 7.00. The minimum Gasteiger partial charge on any atom is -0.355 e. The number of halogens is 2. The molecule has 0 fully saturated rings. The van der Waals surface area contributed by atoms with Crippen molar-refractivity contribution in [2.75, 3.05) is 18.9 Å². The van der Waals surface area contributed by atoms with Crippen LogP contribution >= 0.6 is 11.6 Å². The van der Waals surface area contributed by atoms with E-state index in [4.69, 9.17) is 11.6 Å². The van der Waals surface area contributed by atoms with E-state index in [0.29, 0.717) is 21.8 Å².